The molecule has 130 valence electrons. The maximum absolute atomic E-state index is 12.2. The number of nitrogens with zero attached hydrogens (tertiary/aromatic N) is 2. The van der Waals surface area contributed by atoms with Gasteiger partial charge in [0, 0.05) is 24.2 Å². The SMILES string of the molecule is CS(=O)(=O)NC1CCN(CC(=O)Nc2cc(Cl)ccc2C#N)CC1. The summed E-state index contributed by atoms with van der Waals surface area (Å²) in [4.78, 5) is 14.1. The number of nitrogens with one attached hydrogen (secondary N) is 2. The first kappa shape index (κ1) is 18.7. The number of halogens is 1. The first-order valence-corrected chi connectivity index (χ1v) is 9.73. The van der Waals surface area contributed by atoms with Gasteiger partial charge >= 0.3 is 0 Å². The van der Waals surface area contributed by atoms with E-state index in [0.29, 0.717) is 42.2 Å². The molecule has 1 saturated heterocycles. The summed E-state index contributed by atoms with van der Waals surface area (Å²) in [7, 11) is -3.21. The van der Waals surface area contributed by atoms with Crippen molar-refractivity contribution in [1.29, 1.82) is 5.26 Å². The standard InChI is InChI=1S/C15H19ClN4O3S/c1-24(22,23)19-13-4-6-20(7-5-13)10-15(21)18-14-8-12(16)3-2-11(14)9-17/h2-3,8,13,19H,4-7,10H2,1H3,(H,18,21). The van der Waals surface area contributed by atoms with Crippen molar-refractivity contribution in [3.05, 3.63) is 28.8 Å². The third-order valence-corrected chi connectivity index (χ3v) is 4.71. The molecule has 1 amide bonds. The molecule has 0 aliphatic carbocycles. The van der Waals surface area contributed by atoms with E-state index in [9.17, 15) is 13.2 Å². The molecule has 24 heavy (non-hydrogen) atoms. The van der Waals surface area contributed by atoms with Crippen molar-refractivity contribution < 1.29 is 13.2 Å². The summed E-state index contributed by atoms with van der Waals surface area (Å²) in [6, 6.07) is 6.61. The molecule has 1 aromatic carbocycles. The van der Waals surface area contributed by atoms with E-state index in [2.05, 4.69) is 10.0 Å². The highest BCUT2D eigenvalue weighted by Gasteiger charge is 2.23. The van der Waals surface area contributed by atoms with Gasteiger partial charge < -0.3 is 5.32 Å². The Morgan fingerprint density at radius 3 is 2.67 bits per heavy atom. The lowest BCUT2D eigenvalue weighted by atomic mass is 10.1. The summed E-state index contributed by atoms with van der Waals surface area (Å²) in [5, 5.41) is 12.2. The summed E-state index contributed by atoms with van der Waals surface area (Å²) in [5.41, 5.74) is 0.743. The number of sulfonamides is 1. The van der Waals surface area contributed by atoms with Gasteiger partial charge in [-0.05, 0) is 31.0 Å². The average molecular weight is 371 g/mol. The van der Waals surface area contributed by atoms with Gasteiger partial charge in [-0.1, -0.05) is 11.6 Å². The van der Waals surface area contributed by atoms with Crippen molar-refractivity contribution in [2.45, 2.75) is 18.9 Å². The largest absolute Gasteiger partial charge is 0.324 e. The zero-order valence-electron chi connectivity index (χ0n) is 13.3. The van der Waals surface area contributed by atoms with Gasteiger partial charge in [0.2, 0.25) is 15.9 Å². The Bertz CT molecular complexity index is 752. The maximum Gasteiger partial charge on any atom is 0.238 e. The van der Waals surface area contributed by atoms with Crippen molar-refractivity contribution in [1.82, 2.24) is 9.62 Å². The third-order valence-electron chi connectivity index (χ3n) is 3.71. The molecule has 0 spiro atoms. The topological polar surface area (TPSA) is 102 Å². The van der Waals surface area contributed by atoms with Crippen LogP contribution in [0, 0.1) is 11.3 Å². The second-order valence-corrected chi connectivity index (χ2v) is 8.01. The normalized spacial score (nSPS) is 16.5. The molecule has 7 nitrogen and oxygen atoms in total. The monoisotopic (exact) mass is 370 g/mol. The summed E-state index contributed by atoms with van der Waals surface area (Å²) < 4.78 is 25.0. The molecule has 0 atom stereocenters. The Morgan fingerprint density at radius 2 is 2.08 bits per heavy atom. The molecular formula is C15H19ClN4O3S. The number of carbonyl (C=O) groups excluding carboxylic acids is 1. The quantitative estimate of drug-likeness (QED) is 0.809. The van der Waals surface area contributed by atoms with Crippen LogP contribution in [0.2, 0.25) is 5.02 Å². The second-order valence-electron chi connectivity index (χ2n) is 5.79. The third kappa shape index (κ3) is 5.76. The number of amides is 1. The lowest BCUT2D eigenvalue weighted by Gasteiger charge is -2.31. The molecule has 0 unspecified atom stereocenters. The number of hydrogen-bond donors (Lipinski definition) is 2. The minimum atomic E-state index is -3.21. The van der Waals surface area contributed by atoms with E-state index in [1.165, 1.54) is 0 Å². The van der Waals surface area contributed by atoms with Gasteiger partial charge in [0.05, 0.1) is 24.1 Å². The molecule has 2 rings (SSSR count). The number of nitriles is 1. The molecular weight excluding hydrogens is 352 g/mol. The van der Waals surface area contributed by atoms with Crippen LogP contribution in [0.5, 0.6) is 0 Å². The fourth-order valence-corrected chi connectivity index (χ4v) is 3.64. The van der Waals surface area contributed by atoms with Crippen LogP contribution in [0.25, 0.3) is 0 Å². The van der Waals surface area contributed by atoms with Crippen molar-refractivity contribution >= 4 is 33.2 Å². The smallest absolute Gasteiger partial charge is 0.238 e. The number of piperidine rings is 1. The number of likely N-dealkylation sites (tertiary alicyclic amines) is 1. The molecule has 0 bridgehead atoms. The van der Waals surface area contributed by atoms with Crippen LogP contribution in [0.3, 0.4) is 0 Å². The zero-order valence-corrected chi connectivity index (χ0v) is 14.8. The Morgan fingerprint density at radius 1 is 1.42 bits per heavy atom. The van der Waals surface area contributed by atoms with Crippen molar-refractivity contribution in [3.63, 3.8) is 0 Å². The molecule has 1 aliphatic rings. The van der Waals surface area contributed by atoms with E-state index in [0.717, 1.165) is 6.26 Å². The van der Waals surface area contributed by atoms with Gasteiger partial charge in [-0.3, -0.25) is 9.69 Å². The molecule has 1 fully saturated rings. The lowest BCUT2D eigenvalue weighted by molar-refractivity contribution is -0.117. The first-order chi connectivity index (χ1) is 11.3. The summed E-state index contributed by atoms with van der Waals surface area (Å²) in [5.74, 6) is -0.233. The number of anilines is 1. The number of carbonyl (C=O) groups is 1. The molecule has 1 aromatic rings. The number of rotatable bonds is 5. The van der Waals surface area contributed by atoms with Crippen LogP contribution in [-0.4, -0.2) is 51.2 Å². The van der Waals surface area contributed by atoms with Crippen LogP contribution in [0.1, 0.15) is 18.4 Å². The molecule has 9 heteroatoms. The van der Waals surface area contributed by atoms with Gasteiger partial charge in [-0.2, -0.15) is 5.26 Å². The molecule has 0 saturated carbocycles. The highest BCUT2D eigenvalue weighted by atomic mass is 35.5. The van der Waals surface area contributed by atoms with Crippen LogP contribution in [-0.2, 0) is 14.8 Å². The van der Waals surface area contributed by atoms with E-state index in [4.69, 9.17) is 16.9 Å². The minimum Gasteiger partial charge on any atom is -0.324 e. The molecule has 1 heterocycles. The van der Waals surface area contributed by atoms with Crippen molar-refractivity contribution in [2.24, 2.45) is 0 Å². The first-order valence-electron chi connectivity index (χ1n) is 7.46. The maximum atomic E-state index is 12.2. The predicted molar refractivity (Wildman–Crippen MR) is 92.2 cm³/mol. The van der Waals surface area contributed by atoms with Crippen molar-refractivity contribution in [2.75, 3.05) is 31.2 Å². The van der Waals surface area contributed by atoms with Gasteiger partial charge in [0.25, 0.3) is 0 Å². The van der Waals surface area contributed by atoms with Crippen molar-refractivity contribution in [3.8, 4) is 6.07 Å². The number of hydrogen-bond acceptors (Lipinski definition) is 5. The average Bonchev–Trinajstić information content (AvgIpc) is 2.48. The zero-order chi connectivity index (χ0) is 17.7. The molecule has 2 N–H and O–H groups in total. The van der Waals surface area contributed by atoms with Crippen LogP contribution >= 0.6 is 11.6 Å². The van der Waals surface area contributed by atoms with Gasteiger partial charge in [-0.15, -0.1) is 0 Å². The molecule has 0 aromatic heterocycles. The molecule has 0 radical (unpaired) electrons. The highest BCUT2D eigenvalue weighted by molar-refractivity contribution is 7.88. The highest BCUT2D eigenvalue weighted by Crippen LogP contribution is 2.20. The summed E-state index contributed by atoms with van der Waals surface area (Å²) in [6.07, 6.45) is 2.45. The van der Waals surface area contributed by atoms with E-state index in [1.54, 1.807) is 18.2 Å². The van der Waals surface area contributed by atoms with E-state index in [-0.39, 0.29) is 18.5 Å². The van der Waals surface area contributed by atoms with E-state index >= 15 is 0 Å². The van der Waals surface area contributed by atoms with Crippen LogP contribution < -0.4 is 10.0 Å². The van der Waals surface area contributed by atoms with Crippen LogP contribution in [0.4, 0.5) is 5.69 Å². The Hall–Kier alpha value is -1.66. The van der Waals surface area contributed by atoms with E-state index in [1.807, 2.05) is 11.0 Å². The van der Waals surface area contributed by atoms with Gasteiger partial charge in [-0.25, -0.2) is 13.1 Å². The Kier molecular flexibility index (Phi) is 6.18. The van der Waals surface area contributed by atoms with Crippen LogP contribution in [0.15, 0.2) is 18.2 Å². The van der Waals surface area contributed by atoms with Gasteiger partial charge in [0.15, 0.2) is 0 Å². The fraction of sp³-hybridized carbons (Fsp3) is 0.467. The summed E-state index contributed by atoms with van der Waals surface area (Å²) >= 11 is 5.89. The van der Waals surface area contributed by atoms with Gasteiger partial charge in [0.1, 0.15) is 6.07 Å². The predicted octanol–water partition coefficient (Wildman–Crippen LogP) is 1.16. The second kappa shape index (κ2) is 7.94. The Balaban J connectivity index is 1.86. The summed E-state index contributed by atoms with van der Waals surface area (Å²) in [6.45, 7) is 1.44. The van der Waals surface area contributed by atoms with E-state index < -0.39 is 10.0 Å². The fourth-order valence-electron chi connectivity index (χ4n) is 2.62. The minimum absolute atomic E-state index is 0.0857. The lowest BCUT2D eigenvalue weighted by Crippen LogP contribution is -2.46. The Labute approximate surface area is 146 Å². The number of benzene rings is 1. The molecule has 1 aliphatic heterocycles.